The summed E-state index contributed by atoms with van der Waals surface area (Å²) in [4.78, 5) is 44.7. The molecule has 0 saturated carbocycles. The molecule has 0 fully saturated rings. The third kappa shape index (κ3) is 6.45. The zero-order valence-electron chi connectivity index (χ0n) is 24.6. The Balaban J connectivity index is 1.55. The topological polar surface area (TPSA) is 109 Å². The second-order valence-corrected chi connectivity index (χ2v) is 12.0. The number of benzene rings is 2. The van der Waals surface area contributed by atoms with Crippen molar-refractivity contribution in [1.82, 2.24) is 4.57 Å². The van der Waals surface area contributed by atoms with Crippen molar-refractivity contribution in [3.8, 4) is 5.75 Å². The second kappa shape index (κ2) is 12.4. The molecule has 1 unspecified atom stereocenters. The van der Waals surface area contributed by atoms with Crippen molar-refractivity contribution in [2.45, 2.75) is 39.2 Å². The number of allylic oxidation sites excluding steroid dienone is 1. The second-order valence-electron chi connectivity index (χ2n) is 11.0. The summed E-state index contributed by atoms with van der Waals surface area (Å²) >= 11 is 1.26. The van der Waals surface area contributed by atoms with Gasteiger partial charge in [0.1, 0.15) is 12.4 Å². The molecular formula is C33H32N2O7S. The van der Waals surface area contributed by atoms with Crippen LogP contribution in [-0.4, -0.2) is 36.8 Å². The fourth-order valence-corrected chi connectivity index (χ4v) is 5.74. The average Bonchev–Trinajstić information content (AvgIpc) is 3.61. The first-order valence-corrected chi connectivity index (χ1v) is 14.5. The minimum absolute atomic E-state index is 0.0102. The Morgan fingerprint density at radius 3 is 2.37 bits per heavy atom. The molecule has 10 heteroatoms. The third-order valence-corrected chi connectivity index (χ3v) is 7.95. The first-order valence-electron chi connectivity index (χ1n) is 13.7. The predicted molar refractivity (Wildman–Crippen MR) is 162 cm³/mol. The van der Waals surface area contributed by atoms with Crippen molar-refractivity contribution in [2.75, 3.05) is 20.3 Å². The largest absolute Gasteiger partial charge is 0.460 e. The summed E-state index contributed by atoms with van der Waals surface area (Å²) in [6.45, 7) is 8.45. The molecule has 0 N–H and O–H groups in total. The van der Waals surface area contributed by atoms with Gasteiger partial charge in [0.2, 0.25) is 5.76 Å². The molecule has 9 nitrogen and oxygen atoms in total. The van der Waals surface area contributed by atoms with Crippen molar-refractivity contribution in [3.63, 3.8) is 0 Å². The molecule has 2 aromatic carbocycles. The highest BCUT2D eigenvalue weighted by atomic mass is 32.1. The summed E-state index contributed by atoms with van der Waals surface area (Å²) in [5, 5.41) is 0. The Morgan fingerprint density at radius 1 is 1.02 bits per heavy atom. The van der Waals surface area contributed by atoms with Crippen LogP contribution in [0.5, 0.6) is 5.75 Å². The zero-order valence-corrected chi connectivity index (χ0v) is 25.4. The van der Waals surface area contributed by atoms with Gasteiger partial charge in [-0.2, -0.15) is 0 Å². The maximum atomic E-state index is 13.9. The number of fused-ring (bicyclic) bond motifs is 1. The summed E-state index contributed by atoms with van der Waals surface area (Å²) in [7, 11) is 1.52. The van der Waals surface area contributed by atoms with Gasteiger partial charge < -0.3 is 18.6 Å². The van der Waals surface area contributed by atoms with Crippen LogP contribution < -0.4 is 19.6 Å². The Morgan fingerprint density at radius 2 is 1.74 bits per heavy atom. The van der Waals surface area contributed by atoms with Crippen LogP contribution in [-0.2, 0) is 19.7 Å². The van der Waals surface area contributed by atoms with Gasteiger partial charge in [-0.3, -0.25) is 9.36 Å². The number of thiazole rings is 1. The lowest BCUT2D eigenvalue weighted by Gasteiger charge is -2.25. The molecule has 5 rings (SSSR count). The van der Waals surface area contributed by atoms with Gasteiger partial charge in [0.25, 0.3) is 5.56 Å². The number of hydrogen-bond donors (Lipinski definition) is 0. The van der Waals surface area contributed by atoms with Gasteiger partial charge in [0.05, 0.1) is 34.7 Å². The smallest absolute Gasteiger partial charge is 0.379 e. The Kier molecular flexibility index (Phi) is 8.61. The van der Waals surface area contributed by atoms with Crippen molar-refractivity contribution in [2.24, 2.45) is 4.99 Å². The number of esters is 2. The monoisotopic (exact) mass is 600 g/mol. The van der Waals surface area contributed by atoms with E-state index in [2.05, 4.69) is 37.9 Å². The number of rotatable bonds is 8. The van der Waals surface area contributed by atoms with Crippen molar-refractivity contribution >= 4 is 29.4 Å². The molecule has 2 aromatic heterocycles. The highest BCUT2D eigenvalue weighted by molar-refractivity contribution is 7.07. The molecule has 0 radical (unpaired) electrons. The number of furan rings is 1. The maximum Gasteiger partial charge on any atom is 0.379 e. The number of nitrogens with zero attached hydrogens (tertiary/aromatic N) is 2. The quantitative estimate of drug-likeness (QED) is 0.166. The number of hydrogen-bond acceptors (Lipinski definition) is 9. The SMILES string of the molecule is COCCOC(=O)C1=C(C)N=c2sc(=Cc3ccc(C(C)(C)C)cc3)c(=O)n2C1c1ccc(OC(=O)c2ccco2)cc1. The van der Waals surface area contributed by atoms with Crippen LogP contribution in [0.4, 0.5) is 0 Å². The Bertz CT molecular complexity index is 1840. The maximum absolute atomic E-state index is 13.9. The van der Waals surface area contributed by atoms with E-state index in [-0.39, 0.29) is 41.3 Å². The molecule has 4 aromatic rings. The van der Waals surface area contributed by atoms with E-state index in [4.69, 9.17) is 18.6 Å². The number of carbonyl (C=O) groups excluding carboxylic acids is 2. The fraction of sp³-hybridized carbons (Fsp3) is 0.273. The molecule has 0 aliphatic carbocycles. The van der Waals surface area contributed by atoms with E-state index in [1.807, 2.05) is 18.2 Å². The van der Waals surface area contributed by atoms with E-state index < -0.39 is 18.0 Å². The summed E-state index contributed by atoms with van der Waals surface area (Å²) in [6.07, 6.45) is 3.22. The summed E-state index contributed by atoms with van der Waals surface area (Å²) < 4.78 is 23.0. The summed E-state index contributed by atoms with van der Waals surface area (Å²) in [5.41, 5.74) is 3.11. The van der Waals surface area contributed by atoms with Crippen LogP contribution in [0.15, 0.2) is 92.4 Å². The highest BCUT2D eigenvalue weighted by Gasteiger charge is 2.33. The van der Waals surface area contributed by atoms with Crippen LogP contribution >= 0.6 is 11.3 Å². The minimum atomic E-state index is -0.813. The van der Waals surface area contributed by atoms with Crippen molar-refractivity contribution < 1.29 is 28.2 Å². The van der Waals surface area contributed by atoms with Gasteiger partial charge in [-0.15, -0.1) is 0 Å². The van der Waals surface area contributed by atoms with Gasteiger partial charge in [-0.25, -0.2) is 14.6 Å². The molecule has 1 aliphatic heterocycles. The number of aromatic nitrogens is 1. The van der Waals surface area contributed by atoms with Crippen molar-refractivity contribution in [3.05, 3.63) is 120 Å². The lowest BCUT2D eigenvalue weighted by atomic mass is 9.87. The molecular weight excluding hydrogens is 568 g/mol. The zero-order chi connectivity index (χ0) is 30.7. The van der Waals surface area contributed by atoms with Crippen LogP contribution in [0.1, 0.15) is 61.0 Å². The third-order valence-electron chi connectivity index (χ3n) is 6.97. The van der Waals surface area contributed by atoms with Gasteiger partial charge in [0.15, 0.2) is 4.80 Å². The van der Waals surface area contributed by atoms with E-state index >= 15 is 0 Å². The molecule has 222 valence electrons. The fourth-order valence-electron chi connectivity index (χ4n) is 4.69. The summed E-state index contributed by atoms with van der Waals surface area (Å²) in [5.74, 6) is -0.881. The van der Waals surface area contributed by atoms with E-state index in [9.17, 15) is 14.4 Å². The Labute approximate surface area is 252 Å². The molecule has 0 amide bonds. The van der Waals surface area contributed by atoms with Crippen LogP contribution in [0.3, 0.4) is 0 Å². The first kappa shape index (κ1) is 29.9. The lowest BCUT2D eigenvalue weighted by Crippen LogP contribution is -2.40. The van der Waals surface area contributed by atoms with Crippen LogP contribution in [0.25, 0.3) is 6.08 Å². The molecule has 3 heterocycles. The molecule has 0 saturated heterocycles. The Hall–Kier alpha value is -4.54. The molecule has 1 aliphatic rings. The molecule has 0 bridgehead atoms. The average molecular weight is 601 g/mol. The van der Waals surface area contributed by atoms with Gasteiger partial charge in [-0.1, -0.05) is 68.5 Å². The van der Waals surface area contributed by atoms with Gasteiger partial charge in [0, 0.05) is 7.11 Å². The van der Waals surface area contributed by atoms with Crippen molar-refractivity contribution in [1.29, 1.82) is 0 Å². The van der Waals surface area contributed by atoms with Gasteiger partial charge >= 0.3 is 11.9 Å². The number of ether oxygens (including phenoxy) is 3. The number of methoxy groups -OCH3 is 1. The molecule has 43 heavy (non-hydrogen) atoms. The van der Waals surface area contributed by atoms with Crippen LogP contribution in [0, 0.1) is 0 Å². The lowest BCUT2D eigenvalue weighted by molar-refractivity contribution is -0.140. The van der Waals surface area contributed by atoms with E-state index in [1.165, 1.54) is 40.9 Å². The minimum Gasteiger partial charge on any atom is -0.460 e. The predicted octanol–water partition coefficient (Wildman–Crippen LogP) is 4.53. The summed E-state index contributed by atoms with van der Waals surface area (Å²) in [6, 6.07) is 17.0. The van der Waals surface area contributed by atoms with E-state index in [0.717, 1.165) is 5.56 Å². The highest BCUT2D eigenvalue weighted by Crippen LogP contribution is 2.32. The van der Waals surface area contributed by atoms with Crippen LogP contribution in [0.2, 0.25) is 0 Å². The van der Waals surface area contributed by atoms with E-state index in [0.29, 0.717) is 20.6 Å². The number of carbonyl (C=O) groups is 2. The van der Waals surface area contributed by atoms with Gasteiger partial charge in [-0.05, 0) is 59.4 Å². The normalized spacial score (nSPS) is 15.2. The molecule has 1 atom stereocenters. The first-order chi connectivity index (χ1) is 20.6. The standard InChI is InChI=1S/C33H32N2O7S/c1-20-27(31(38)41-18-17-39-5)28(22-10-14-24(15-11-22)42-30(37)25-7-6-16-40-25)35-29(36)26(43-32(35)34-20)19-21-8-12-23(13-9-21)33(2,3)4/h6-16,19,28H,17-18H2,1-5H3. The molecule has 0 spiro atoms. The van der Waals surface area contributed by atoms with E-state index in [1.54, 1.807) is 37.3 Å².